The number of hydrogen-bond acceptors (Lipinski definition) is 3. The minimum atomic E-state index is -2.83. The zero-order valence-electron chi connectivity index (χ0n) is 8.52. The second-order valence-corrected chi connectivity index (χ2v) is 6.35. The number of anilines is 1. The molecule has 0 aromatic heterocycles. The topological polar surface area (TPSA) is 60.2 Å². The SMILES string of the molecule is Nc1cccc(C2CCCS(=O)(=O)C2)c1. The van der Waals surface area contributed by atoms with Crippen LogP contribution in [-0.2, 0) is 9.84 Å². The van der Waals surface area contributed by atoms with Gasteiger partial charge in [0.05, 0.1) is 11.5 Å². The molecule has 1 heterocycles. The van der Waals surface area contributed by atoms with Crippen molar-refractivity contribution in [2.24, 2.45) is 0 Å². The first-order valence-electron chi connectivity index (χ1n) is 5.13. The minimum absolute atomic E-state index is 0.132. The van der Waals surface area contributed by atoms with Gasteiger partial charge in [-0.15, -0.1) is 0 Å². The Kier molecular flexibility index (Phi) is 2.69. The van der Waals surface area contributed by atoms with Gasteiger partial charge in [0.2, 0.25) is 0 Å². The minimum Gasteiger partial charge on any atom is -0.399 e. The molecule has 0 radical (unpaired) electrons. The van der Waals surface area contributed by atoms with Crippen molar-refractivity contribution < 1.29 is 8.42 Å². The summed E-state index contributed by atoms with van der Waals surface area (Å²) >= 11 is 0. The third kappa shape index (κ3) is 2.50. The molecule has 1 saturated heterocycles. The summed E-state index contributed by atoms with van der Waals surface area (Å²) in [6, 6.07) is 7.54. The Labute approximate surface area is 90.2 Å². The van der Waals surface area contributed by atoms with Crippen LogP contribution in [0.15, 0.2) is 24.3 Å². The number of benzene rings is 1. The van der Waals surface area contributed by atoms with Crippen LogP contribution in [0.2, 0.25) is 0 Å². The largest absolute Gasteiger partial charge is 0.399 e. The Morgan fingerprint density at radius 3 is 2.80 bits per heavy atom. The van der Waals surface area contributed by atoms with Crippen LogP contribution in [0.3, 0.4) is 0 Å². The average molecular weight is 225 g/mol. The number of hydrogen-bond donors (Lipinski definition) is 1. The van der Waals surface area contributed by atoms with Gasteiger partial charge < -0.3 is 5.73 Å². The van der Waals surface area contributed by atoms with Crippen molar-refractivity contribution in [3.05, 3.63) is 29.8 Å². The van der Waals surface area contributed by atoms with Crippen LogP contribution in [0.25, 0.3) is 0 Å². The van der Waals surface area contributed by atoms with E-state index in [2.05, 4.69) is 0 Å². The molecule has 3 nitrogen and oxygen atoms in total. The van der Waals surface area contributed by atoms with Crippen LogP contribution in [-0.4, -0.2) is 19.9 Å². The van der Waals surface area contributed by atoms with E-state index in [1.807, 2.05) is 24.3 Å². The lowest BCUT2D eigenvalue weighted by Gasteiger charge is -2.22. The molecule has 0 aliphatic carbocycles. The van der Waals surface area contributed by atoms with Gasteiger partial charge in [-0.2, -0.15) is 0 Å². The molecule has 4 heteroatoms. The fraction of sp³-hybridized carbons (Fsp3) is 0.455. The van der Waals surface area contributed by atoms with Gasteiger partial charge in [0.15, 0.2) is 9.84 Å². The van der Waals surface area contributed by atoms with Crippen molar-refractivity contribution >= 4 is 15.5 Å². The third-order valence-electron chi connectivity index (χ3n) is 2.85. The summed E-state index contributed by atoms with van der Waals surface area (Å²) in [5, 5.41) is 0. The second-order valence-electron chi connectivity index (χ2n) is 4.12. The van der Waals surface area contributed by atoms with Gasteiger partial charge in [-0.05, 0) is 36.5 Å². The molecule has 0 amide bonds. The lowest BCUT2D eigenvalue weighted by atomic mass is 9.96. The van der Waals surface area contributed by atoms with Crippen molar-refractivity contribution in [1.82, 2.24) is 0 Å². The summed E-state index contributed by atoms with van der Waals surface area (Å²) in [4.78, 5) is 0. The maximum absolute atomic E-state index is 11.5. The number of rotatable bonds is 1. The van der Waals surface area contributed by atoms with Crippen LogP contribution >= 0.6 is 0 Å². The molecule has 1 aliphatic heterocycles. The Morgan fingerprint density at radius 1 is 1.33 bits per heavy atom. The molecule has 15 heavy (non-hydrogen) atoms. The lowest BCUT2D eigenvalue weighted by Crippen LogP contribution is -2.23. The predicted octanol–water partition coefficient (Wildman–Crippen LogP) is 1.56. The first-order valence-corrected chi connectivity index (χ1v) is 6.95. The molecule has 82 valence electrons. The van der Waals surface area contributed by atoms with Crippen LogP contribution in [0.5, 0.6) is 0 Å². The predicted molar refractivity (Wildman–Crippen MR) is 61.5 cm³/mol. The molecule has 2 N–H and O–H groups in total. The van der Waals surface area contributed by atoms with Gasteiger partial charge in [-0.25, -0.2) is 8.42 Å². The standard InChI is InChI=1S/C11H15NO2S/c12-11-5-1-3-9(7-11)10-4-2-6-15(13,14)8-10/h1,3,5,7,10H,2,4,6,8,12H2. The molecule has 1 aromatic carbocycles. The smallest absolute Gasteiger partial charge is 0.150 e. The van der Waals surface area contributed by atoms with Crippen molar-refractivity contribution in [2.75, 3.05) is 17.2 Å². The first kappa shape index (κ1) is 10.5. The second kappa shape index (κ2) is 3.85. The highest BCUT2D eigenvalue weighted by Gasteiger charge is 2.25. The van der Waals surface area contributed by atoms with Gasteiger partial charge in [-0.3, -0.25) is 0 Å². The maximum Gasteiger partial charge on any atom is 0.150 e. The summed E-state index contributed by atoms with van der Waals surface area (Å²) in [6.45, 7) is 0. The van der Waals surface area contributed by atoms with E-state index in [9.17, 15) is 8.42 Å². The first-order chi connectivity index (χ1) is 7.07. The van der Waals surface area contributed by atoms with Crippen molar-refractivity contribution in [3.63, 3.8) is 0 Å². The summed E-state index contributed by atoms with van der Waals surface area (Å²) in [7, 11) is -2.83. The zero-order valence-corrected chi connectivity index (χ0v) is 9.33. The zero-order chi connectivity index (χ0) is 10.9. The quantitative estimate of drug-likeness (QED) is 0.738. The van der Waals surface area contributed by atoms with E-state index < -0.39 is 9.84 Å². The molecule has 0 bridgehead atoms. The van der Waals surface area contributed by atoms with E-state index in [1.165, 1.54) is 0 Å². The molecular formula is C11H15NO2S. The molecule has 0 spiro atoms. The Bertz CT molecular complexity index is 453. The van der Waals surface area contributed by atoms with Gasteiger partial charge in [0.1, 0.15) is 0 Å². The van der Waals surface area contributed by atoms with E-state index in [4.69, 9.17) is 5.73 Å². The van der Waals surface area contributed by atoms with E-state index in [1.54, 1.807) is 0 Å². The summed E-state index contributed by atoms with van der Waals surface area (Å²) in [6.07, 6.45) is 1.71. The molecule has 1 aromatic rings. The van der Waals surface area contributed by atoms with Gasteiger partial charge in [-0.1, -0.05) is 12.1 Å². The number of sulfone groups is 1. The summed E-state index contributed by atoms with van der Waals surface area (Å²) in [5.41, 5.74) is 7.44. The van der Waals surface area contributed by atoms with Crippen molar-refractivity contribution in [3.8, 4) is 0 Å². The van der Waals surface area contributed by atoms with E-state index in [-0.39, 0.29) is 11.7 Å². The average Bonchev–Trinajstić information content (AvgIpc) is 2.16. The lowest BCUT2D eigenvalue weighted by molar-refractivity contribution is 0.554. The fourth-order valence-electron chi connectivity index (χ4n) is 2.10. The van der Waals surface area contributed by atoms with E-state index >= 15 is 0 Å². The Morgan fingerprint density at radius 2 is 2.13 bits per heavy atom. The van der Waals surface area contributed by atoms with Crippen LogP contribution in [0.1, 0.15) is 24.3 Å². The van der Waals surface area contributed by atoms with E-state index in [0.717, 1.165) is 18.4 Å². The molecule has 0 saturated carbocycles. The Hall–Kier alpha value is -1.03. The monoisotopic (exact) mass is 225 g/mol. The van der Waals surface area contributed by atoms with Gasteiger partial charge in [0, 0.05) is 5.69 Å². The summed E-state index contributed by atoms with van der Waals surface area (Å²) in [5.74, 6) is 0.745. The van der Waals surface area contributed by atoms with E-state index in [0.29, 0.717) is 11.4 Å². The third-order valence-corrected chi connectivity index (χ3v) is 4.67. The molecule has 1 atom stereocenters. The van der Waals surface area contributed by atoms with Crippen LogP contribution < -0.4 is 5.73 Å². The molecular weight excluding hydrogens is 210 g/mol. The summed E-state index contributed by atoms with van der Waals surface area (Å²) < 4.78 is 23.0. The number of nitrogen functional groups attached to an aromatic ring is 1. The maximum atomic E-state index is 11.5. The highest BCUT2D eigenvalue weighted by molar-refractivity contribution is 7.91. The Balaban J connectivity index is 2.24. The van der Waals surface area contributed by atoms with Crippen molar-refractivity contribution in [2.45, 2.75) is 18.8 Å². The van der Waals surface area contributed by atoms with Crippen LogP contribution in [0, 0.1) is 0 Å². The highest BCUT2D eigenvalue weighted by Crippen LogP contribution is 2.28. The fourth-order valence-corrected chi connectivity index (χ4v) is 3.84. The molecule has 2 rings (SSSR count). The van der Waals surface area contributed by atoms with Crippen molar-refractivity contribution in [1.29, 1.82) is 0 Å². The molecule has 1 aliphatic rings. The van der Waals surface area contributed by atoms with Gasteiger partial charge in [0.25, 0.3) is 0 Å². The normalized spacial score (nSPS) is 24.9. The van der Waals surface area contributed by atoms with Gasteiger partial charge >= 0.3 is 0 Å². The molecule has 1 fully saturated rings. The van der Waals surface area contributed by atoms with Crippen LogP contribution in [0.4, 0.5) is 5.69 Å². The molecule has 1 unspecified atom stereocenters. The number of nitrogens with two attached hydrogens (primary N) is 1. The highest BCUT2D eigenvalue weighted by atomic mass is 32.2.